The highest BCUT2D eigenvalue weighted by Gasteiger charge is 2.01. The lowest BCUT2D eigenvalue weighted by atomic mass is 10.2. The van der Waals surface area contributed by atoms with E-state index in [-0.39, 0.29) is 12.5 Å². The Morgan fingerprint density at radius 2 is 2.00 bits per heavy atom. The predicted molar refractivity (Wildman–Crippen MR) is 68.2 cm³/mol. The summed E-state index contributed by atoms with van der Waals surface area (Å²) in [5.41, 5.74) is 4.48. The maximum Gasteiger partial charge on any atom is 0.277 e. The van der Waals surface area contributed by atoms with Crippen molar-refractivity contribution in [2.75, 3.05) is 6.61 Å². The monoisotopic (exact) mass is 234 g/mol. The van der Waals surface area contributed by atoms with Crippen LogP contribution in [0.5, 0.6) is 5.75 Å². The van der Waals surface area contributed by atoms with Gasteiger partial charge in [0.1, 0.15) is 5.75 Å². The number of rotatable bonds is 5. The second-order valence-electron chi connectivity index (χ2n) is 3.84. The smallest absolute Gasteiger partial charge is 0.277 e. The molecule has 0 atom stereocenters. The lowest BCUT2D eigenvalue weighted by Crippen LogP contribution is -2.25. The quantitative estimate of drug-likeness (QED) is 0.627. The highest BCUT2D eigenvalue weighted by atomic mass is 16.5. The fourth-order valence-corrected chi connectivity index (χ4v) is 1.05. The average Bonchev–Trinajstić information content (AvgIpc) is 2.35. The van der Waals surface area contributed by atoms with Gasteiger partial charge in [0, 0.05) is 5.71 Å². The minimum Gasteiger partial charge on any atom is -0.484 e. The van der Waals surface area contributed by atoms with Crippen LogP contribution in [0, 0.1) is 6.92 Å². The van der Waals surface area contributed by atoms with Crippen LogP contribution >= 0.6 is 0 Å². The largest absolute Gasteiger partial charge is 0.484 e. The number of carbonyl (C=O) groups is 1. The summed E-state index contributed by atoms with van der Waals surface area (Å²) in [4.78, 5) is 11.4. The van der Waals surface area contributed by atoms with Crippen LogP contribution in [0.15, 0.2) is 29.4 Å². The molecule has 0 spiro atoms. The molecule has 1 amide bonds. The van der Waals surface area contributed by atoms with Crippen LogP contribution in [0.2, 0.25) is 0 Å². The molecule has 17 heavy (non-hydrogen) atoms. The van der Waals surface area contributed by atoms with Crippen LogP contribution in [-0.4, -0.2) is 18.2 Å². The van der Waals surface area contributed by atoms with Crippen LogP contribution in [-0.2, 0) is 4.79 Å². The standard InChI is InChI=1S/C13H18N2O2/c1-4-11(3)14-15-13(16)9-17-12-7-5-10(2)6-8-12/h5-8H,4,9H2,1-3H3,(H,15,16)/b14-11-. The minimum absolute atomic E-state index is 0.0243. The predicted octanol–water partition coefficient (Wildman–Crippen LogP) is 2.28. The van der Waals surface area contributed by atoms with Crippen LogP contribution < -0.4 is 10.2 Å². The lowest BCUT2D eigenvalue weighted by molar-refractivity contribution is -0.123. The zero-order valence-corrected chi connectivity index (χ0v) is 10.5. The van der Waals surface area contributed by atoms with Gasteiger partial charge in [0.25, 0.3) is 5.91 Å². The van der Waals surface area contributed by atoms with E-state index in [0.717, 1.165) is 17.7 Å². The summed E-state index contributed by atoms with van der Waals surface area (Å²) in [5.74, 6) is 0.431. The minimum atomic E-state index is -0.252. The van der Waals surface area contributed by atoms with Gasteiger partial charge >= 0.3 is 0 Å². The van der Waals surface area contributed by atoms with E-state index in [1.807, 2.05) is 45.0 Å². The molecule has 0 aromatic heterocycles. The Bertz CT molecular complexity index is 396. The van der Waals surface area contributed by atoms with Crippen molar-refractivity contribution in [3.8, 4) is 5.75 Å². The third kappa shape index (κ3) is 5.15. The van der Waals surface area contributed by atoms with E-state index in [1.54, 1.807) is 0 Å². The van der Waals surface area contributed by atoms with Gasteiger partial charge in [-0.2, -0.15) is 5.10 Å². The summed E-state index contributed by atoms with van der Waals surface area (Å²) in [6.45, 7) is 5.82. The molecule has 0 aliphatic rings. The topological polar surface area (TPSA) is 50.7 Å². The molecule has 1 aromatic rings. The van der Waals surface area contributed by atoms with Crippen molar-refractivity contribution >= 4 is 11.6 Å². The summed E-state index contributed by atoms with van der Waals surface area (Å²) < 4.78 is 5.31. The summed E-state index contributed by atoms with van der Waals surface area (Å²) >= 11 is 0. The second kappa shape index (κ2) is 6.68. The first-order chi connectivity index (χ1) is 8.11. The van der Waals surface area contributed by atoms with Crippen molar-refractivity contribution in [3.63, 3.8) is 0 Å². The third-order valence-electron chi connectivity index (χ3n) is 2.27. The lowest BCUT2D eigenvalue weighted by Gasteiger charge is -2.05. The highest BCUT2D eigenvalue weighted by molar-refractivity contribution is 5.84. The van der Waals surface area contributed by atoms with Gasteiger partial charge in [-0.3, -0.25) is 4.79 Å². The van der Waals surface area contributed by atoms with Gasteiger partial charge in [-0.15, -0.1) is 0 Å². The van der Waals surface area contributed by atoms with Gasteiger partial charge in [0.05, 0.1) is 0 Å². The van der Waals surface area contributed by atoms with Crippen molar-refractivity contribution in [1.29, 1.82) is 0 Å². The summed E-state index contributed by atoms with van der Waals surface area (Å²) in [7, 11) is 0. The van der Waals surface area contributed by atoms with Crippen molar-refractivity contribution in [2.24, 2.45) is 5.10 Å². The fraction of sp³-hybridized carbons (Fsp3) is 0.385. The molecule has 1 aromatic carbocycles. The normalized spacial score (nSPS) is 11.1. The Hall–Kier alpha value is -1.84. The van der Waals surface area contributed by atoms with Gasteiger partial charge in [-0.05, 0) is 32.4 Å². The molecular weight excluding hydrogens is 216 g/mol. The Balaban J connectivity index is 2.36. The van der Waals surface area contributed by atoms with Crippen LogP contribution in [0.25, 0.3) is 0 Å². The summed E-state index contributed by atoms with van der Waals surface area (Å²) in [6.07, 6.45) is 0.819. The Morgan fingerprint density at radius 3 is 2.59 bits per heavy atom. The molecule has 0 unspecified atom stereocenters. The average molecular weight is 234 g/mol. The highest BCUT2D eigenvalue weighted by Crippen LogP contribution is 2.10. The maximum atomic E-state index is 11.4. The second-order valence-corrected chi connectivity index (χ2v) is 3.84. The van der Waals surface area contributed by atoms with Gasteiger partial charge < -0.3 is 4.74 Å². The molecule has 0 aliphatic heterocycles. The molecular formula is C13H18N2O2. The molecule has 0 radical (unpaired) electrons. The number of benzene rings is 1. The van der Waals surface area contributed by atoms with E-state index in [0.29, 0.717) is 5.75 Å². The van der Waals surface area contributed by atoms with Gasteiger partial charge in [-0.25, -0.2) is 5.43 Å². The van der Waals surface area contributed by atoms with Gasteiger partial charge in [0.2, 0.25) is 0 Å². The molecule has 92 valence electrons. The number of ether oxygens (including phenoxy) is 1. The van der Waals surface area contributed by atoms with Crippen molar-refractivity contribution < 1.29 is 9.53 Å². The molecule has 0 fully saturated rings. The van der Waals surface area contributed by atoms with Crippen LogP contribution in [0.4, 0.5) is 0 Å². The number of nitrogens with zero attached hydrogens (tertiary/aromatic N) is 1. The first-order valence-electron chi connectivity index (χ1n) is 5.63. The number of nitrogens with one attached hydrogen (secondary N) is 1. The van der Waals surface area contributed by atoms with E-state index in [2.05, 4.69) is 10.5 Å². The number of aryl methyl sites for hydroxylation is 1. The number of carbonyl (C=O) groups excluding carboxylic acids is 1. The zero-order chi connectivity index (χ0) is 12.7. The maximum absolute atomic E-state index is 11.4. The molecule has 4 heteroatoms. The molecule has 4 nitrogen and oxygen atoms in total. The molecule has 0 saturated carbocycles. The molecule has 0 heterocycles. The molecule has 1 rings (SSSR count). The van der Waals surface area contributed by atoms with E-state index < -0.39 is 0 Å². The first-order valence-corrected chi connectivity index (χ1v) is 5.63. The SMILES string of the molecule is CC/C(C)=N\NC(=O)COc1ccc(C)cc1. The summed E-state index contributed by atoms with van der Waals surface area (Å²) in [6, 6.07) is 7.55. The fourth-order valence-electron chi connectivity index (χ4n) is 1.05. The van der Waals surface area contributed by atoms with E-state index in [4.69, 9.17) is 4.74 Å². The van der Waals surface area contributed by atoms with E-state index in [9.17, 15) is 4.79 Å². The van der Waals surface area contributed by atoms with Gasteiger partial charge in [0.15, 0.2) is 6.61 Å². The van der Waals surface area contributed by atoms with E-state index in [1.165, 1.54) is 0 Å². The van der Waals surface area contributed by atoms with Crippen molar-refractivity contribution in [2.45, 2.75) is 27.2 Å². The summed E-state index contributed by atoms with van der Waals surface area (Å²) in [5, 5.41) is 3.91. The molecule has 0 aliphatic carbocycles. The number of hydrogen-bond acceptors (Lipinski definition) is 3. The van der Waals surface area contributed by atoms with Crippen molar-refractivity contribution in [1.82, 2.24) is 5.43 Å². The Kier molecular flexibility index (Phi) is 5.20. The molecule has 1 N–H and O–H groups in total. The zero-order valence-electron chi connectivity index (χ0n) is 10.5. The third-order valence-corrected chi connectivity index (χ3v) is 2.27. The molecule has 0 saturated heterocycles. The number of hydrazone groups is 1. The van der Waals surface area contributed by atoms with Crippen molar-refractivity contribution in [3.05, 3.63) is 29.8 Å². The van der Waals surface area contributed by atoms with E-state index >= 15 is 0 Å². The van der Waals surface area contributed by atoms with Gasteiger partial charge in [-0.1, -0.05) is 24.6 Å². The number of amides is 1. The Morgan fingerprint density at radius 1 is 1.35 bits per heavy atom. The molecule has 0 bridgehead atoms. The first kappa shape index (κ1) is 13.2. The Labute approximate surface area is 102 Å². The van der Waals surface area contributed by atoms with Crippen LogP contribution in [0.1, 0.15) is 25.8 Å². The van der Waals surface area contributed by atoms with Crippen LogP contribution in [0.3, 0.4) is 0 Å². The number of hydrogen-bond donors (Lipinski definition) is 1.